The highest BCUT2D eigenvalue weighted by atomic mass is 19.1. The summed E-state index contributed by atoms with van der Waals surface area (Å²) in [6.07, 6.45) is 2.40. The standard InChI is InChI=1S/C17H23FN6O/c1-12-8-15(13(2)24(12)21-14(3)25)11-22-4-6-23(7-5-22)17-19-9-16(18)10-20-17/h8-10H,4-7,11H2,1-3H3,(H,21,25). The molecule has 8 heteroatoms. The van der Waals surface area contributed by atoms with Crippen LogP contribution in [0.25, 0.3) is 0 Å². The van der Waals surface area contributed by atoms with Gasteiger partial charge in [0.05, 0.1) is 12.4 Å². The van der Waals surface area contributed by atoms with Gasteiger partial charge < -0.3 is 4.90 Å². The van der Waals surface area contributed by atoms with Gasteiger partial charge in [-0.05, 0) is 25.5 Å². The molecule has 3 heterocycles. The molecule has 1 N–H and O–H groups in total. The van der Waals surface area contributed by atoms with E-state index in [-0.39, 0.29) is 5.91 Å². The summed E-state index contributed by atoms with van der Waals surface area (Å²) < 4.78 is 14.8. The largest absolute Gasteiger partial charge is 0.338 e. The van der Waals surface area contributed by atoms with Crippen LogP contribution in [0, 0.1) is 19.7 Å². The van der Waals surface area contributed by atoms with Crippen molar-refractivity contribution in [3.05, 3.63) is 41.2 Å². The third-order valence-electron chi connectivity index (χ3n) is 4.46. The van der Waals surface area contributed by atoms with Crippen molar-refractivity contribution in [3.8, 4) is 0 Å². The highest BCUT2D eigenvalue weighted by Gasteiger charge is 2.20. The highest BCUT2D eigenvalue weighted by Crippen LogP contribution is 2.18. The van der Waals surface area contributed by atoms with Crippen LogP contribution in [0.1, 0.15) is 23.9 Å². The molecule has 1 amide bonds. The lowest BCUT2D eigenvalue weighted by Gasteiger charge is -2.34. The first-order valence-electron chi connectivity index (χ1n) is 8.34. The molecule has 25 heavy (non-hydrogen) atoms. The molecule has 7 nitrogen and oxygen atoms in total. The number of nitrogens with one attached hydrogen (secondary N) is 1. The Morgan fingerprint density at radius 2 is 1.84 bits per heavy atom. The van der Waals surface area contributed by atoms with E-state index in [0.29, 0.717) is 5.95 Å². The molecule has 0 spiro atoms. The smallest absolute Gasteiger partial charge is 0.235 e. The molecule has 0 saturated carbocycles. The Morgan fingerprint density at radius 3 is 2.44 bits per heavy atom. The summed E-state index contributed by atoms with van der Waals surface area (Å²) in [5.41, 5.74) is 6.11. The molecule has 2 aromatic rings. The molecule has 1 aliphatic rings. The molecule has 134 valence electrons. The van der Waals surface area contributed by atoms with E-state index in [1.54, 1.807) is 0 Å². The first-order valence-corrected chi connectivity index (χ1v) is 8.34. The number of carbonyl (C=O) groups excluding carboxylic acids is 1. The van der Waals surface area contributed by atoms with Crippen LogP contribution in [0.2, 0.25) is 0 Å². The number of anilines is 1. The topological polar surface area (TPSA) is 66.3 Å². The third kappa shape index (κ3) is 3.96. The predicted octanol–water partition coefficient (Wildman–Crippen LogP) is 1.45. The van der Waals surface area contributed by atoms with Crippen molar-refractivity contribution in [1.29, 1.82) is 0 Å². The van der Waals surface area contributed by atoms with Crippen LogP contribution in [0.15, 0.2) is 18.5 Å². The minimum atomic E-state index is -0.420. The summed E-state index contributed by atoms with van der Waals surface area (Å²) >= 11 is 0. The lowest BCUT2D eigenvalue weighted by molar-refractivity contribution is -0.115. The minimum absolute atomic E-state index is 0.0822. The van der Waals surface area contributed by atoms with Crippen LogP contribution in [-0.4, -0.2) is 51.6 Å². The number of hydrogen-bond acceptors (Lipinski definition) is 5. The second kappa shape index (κ2) is 7.18. The molecular weight excluding hydrogens is 323 g/mol. The maximum Gasteiger partial charge on any atom is 0.235 e. The van der Waals surface area contributed by atoms with Gasteiger partial charge in [-0.15, -0.1) is 0 Å². The predicted molar refractivity (Wildman–Crippen MR) is 93.4 cm³/mol. The Bertz CT molecular complexity index is 749. The monoisotopic (exact) mass is 346 g/mol. The van der Waals surface area contributed by atoms with Gasteiger partial charge in [-0.1, -0.05) is 0 Å². The van der Waals surface area contributed by atoms with Gasteiger partial charge >= 0.3 is 0 Å². The van der Waals surface area contributed by atoms with Crippen LogP contribution in [0.5, 0.6) is 0 Å². The van der Waals surface area contributed by atoms with Crippen LogP contribution in [-0.2, 0) is 11.3 Å². The number of aromatic nitrogens is 3. The summed E-state index contributed by atoms with van der Waals surface area (Å²) in [7, 11) is 0. The van der Waals surface area contributed by atoms with Gasteiger partial charge in [-0.3, -0.25) is 19.8 Å². The zero-order chi connectivity index (χ0) is 18.0. The van der Waals surface area contributed by atoms with Crippen molar-refractivity contribution >= 4 is 11.9 Å². The zero-order valence-electron chi connectivity index (χ0n) is 14.8. The Hall–Kier alpha value is -2.48. The van der Waals surface area contributed by atoms with Crippen molar-refractivity contribution in [2.75, 3.05) is 36.5 Å². The molecule has 1 saturated heterocycles. The van der Waals surface area contributed by atoms with E-state index in [2.05, 4.69) is 31.3 Å². The number of hydrogen-bond donors (Lipinski definition) is 1. The van der Waals surface area contributed by atoms with Gasteiger partial charge in [0, 0.05) is 51.0 Å². The first kappa shape index (κ1) is 17.3. The number of amides is 1. The normalized spacial score (nSPS) is 15.4. The summed E-state index contributed by atoms with van der Waals surface area (Å²) in [4.78, 5) is 23.8. The number of piperazine rings is 1. The van der Waals surface area contributed by atoms with Gasteiger partial charge in [0.1, 0.15) is 0 Å². The molecule has 0 aliphatic carbocycles. The van der Waals surface area contributed by atoms with Crippen LogP contribution in [0.3, 0.4) is 0 Å². The highest BCUT2D eigenvalue weighted by molar-refractivity contribution is 5.81. The SMILES string of the molecule is CC(=O)Nn1c(C)cc(CN2CCN(c3ncc(F)cn3)CC2)c1C. The molecule has 0 aromatic carbocycles. The maximum atomic E-state index is 12.9. The molecule has 0 atom stereocenters. The summed E-state index contributed by atoms with van der Waals surface area (Å²) in [5, 5.41) is 0. The van der Waals surface area contributed by atoms with Gasteiger partial charge in [0.2, 0.25) is 11.9 Å². The van der Waals surface area contributed by atoms with Crippen molar-refractivity contribution in [1.82, 2.24) is 19.5 Å². The number of halogens is 1. The van der Waals surface area contributed by atoms with Crippen molar-refractivity contribution in [2.24, 2.45) is 0 Å². The van der Waals surface area contributed by atoms with Crippen LogP contribution in [0.4, 0.5) is 10.3 Å². The average molecular weight is 346 g/mol. The zero-order valence-corrected chi connectivity index (χ0v) is 14.8. The number of rotatable bonds is 4. The fourth-order valence-electron chi connectivity index (χ4n) is 3.13. The Kier molecular flexibility index (Phi) is 4.98. The summed E-state index contributed by atoms with van der Waals surface area (Å²) in [6.45, 7) is 9.70. The lowest BCUT2D eigenvalue weighted by atomic mass is 10.2. The Morgan fingerprint density at radius 1 is 1.20 bits per heavy atom. The number of nitrogens with zero attached hydrogens (tertiary/aromatic N) is 5. The molecule has 0 radical (unpaired) electrons. The van der Waals surface area contributed by atoms with Crippen LogP contribution < -0.4 is 10.3 Å². The number of carbonyl (C=O) groups is 1. The second-order valence-corrected chi connectivity index (χ2v) is 6.36. The number of aryl methyl sites for hydroxylation is 1. The molecule has 0 bridgehead atoms. The molecule has 2 aromatic heterocycles. The van der Waals surface area contributed by atoms with Crippen LogP contribution >= 0.6 is 0 Å². The Balaban J connectivity index is 1.61. The summed E-state index contributed by atoms with van der Waals surface area (Å²) in [6, 6.07) is 2.11. The van der Waals surface area contributed by atoms with E-state index in [0.717, 1.165) is 44.1 Å². The van der Waals surface area contributed by atoms with E-state index in [1.165, 1.54) is 24.9 Å². The van der Waals surface area contributed by atoms with Gasteiger partial charge in [0.15, 0.2) is 5.82 Å². The van der Waals surface area contributed by atoms with Crippen molar-refractivity contribution in [2.45, 2.75) is 27.3 Å². The lowest BCUT2D eigenvalue weighted by Crippen LogP contribution is -2.46. The van der Waals surface area contributed by atoms with Crippen molar-refractivity contribution < 1.29 is 9.18 Å². The Labute approximate surface area is 146 Å². The second-order valence-electron chi connectivity index (χ2n) is 6.36. The average Bonchev–Trinajstić information content (AvgIpc) is 2.83. The van der Waals surface area contributed by atoms with Gasteiger partial charge in [-0.2, -0.15) is 0 Å². The molecule has 0 unspecified atom stereocenters. The fourth-order valence-corrected chi connectivity index (χ4v) is 3.13. The van der Waals surface area contributed by atoms with E-state index in [1.807, 2.05) is 18.5 Å². The quantitative estimate of drug-likeness (QED) is 0.908. The van der Waals surface area contributed by atoms with E-state index in [9.17, 15) is 9.18 Å². The van der Waals surface area contributed by atoms with E-state index >= 15 is 0 Å². The molecule has 3 rings (SSSR count). The van der Waals surface area contributed by atoms with Crippen molar-refractivity contribution in [3.63, 3.8) is 0 Å². The summed E-state index contributed by atoms with van der Waals surface area (Å²) in [5.74, 6) is 0.0723. The molecular formula is C17H23FN6O. The minimum Gasteiger partial charge on any atom is -0.338 e. The van der Waals surface area contributed by atoms with Gasteiger partial charge in [0.25, 0.3) is 0 Å². The molecule has 1 fully saturated rings. The fraction of sp³-hybridized carbons (Fsp3) is 0.471. The van der Waals surface area contributed by atoms with E-state index in [4.69, 9.17) is 0 Å². The third-order valence-corrected chi connectivity index (χ3v) is 4.46. The molecule has 1 aliphatic heterocycles. The maximum absolute atomic E-state index is 12.9. The first-order chi connectivity index (χ1) is 11.9. The van der Waals surface area contributed by atoms with E-state index < -0.39 is 5.82 Å². The van der Waals surface area contributed by atoms with Gasteiger partial charge in [-0.25, -0.2) is 14.4 Å².